The average molecular weight is 282 g/mol. The van der Waals surface area contributed by atoms with E-state index in [1.807, 2.05) is 0 Å². The highest BCUT2D eigenvalue weighted by atomic mass is 16.5. The Morgan fingerprint density at radius 2 is 2.10 bits per heavy atom. The molecule has 3 aliphatic rings. The van der Waals surface area contributed by atoms with Gasteiger partial charge in [0, 0.05) is 19.0 Å². The van der Waals surface area contributed by atoms with Crippen molar-refractivity contribution in [3.05, 3.63) is 52.9 Å². The summed E-state index contributed by atoms with van der Waals surface area (Å²) >= 11 is 0. The van der Waals surface area contributed by atoms with Gasteiger partial charge < -0.3 is 15.4 Å². The Hall–Kier alpha value is -1.74. The molecule has 1 aliphatic heterocycles. The first-order chi connectivity index (χ1) is 10.3. The van der Waals surface area contributed by atoms with Gasteiger partial charge in [-0.05, 0) is 66.9 Å². The van der Waals surface area contributed by atoms with E-state index in [1.165, 1.54) is 41.7 Å². The maximum atomic E-state index is 5.63. The van der Waals surface area contributed by atoms with Gasteiger partial charge in [0.1, 0.15) is 6.23 Å². The third-order valence-corrected chi connectivity index (χ3v) is 5.08. The number of methoxy groups -OCH3 is 1. The lowest BCUT2D eigenvalue weighted by Crippen LogP contribution is -2.36. The van der Waals surface area contributed by atoms with Crippen LogP contribution in [0.2, 0.25) is 0 Å². The summed E-state index contributed by atoms with van der Waals surface area (Å²) in [4.78, 5) is 0. The van der Waals surface area contributed by atoms with Gasteiger partial charge in [0.25, 0.3) is 0 Å². The molecule has 1 heterocycles. The summed E-state index contributed by atoms with van der Waals surface area (Å²) in [5, 5.41) is 7.01. The van der Waals surface area contributed by atoms with Gasteiger partial charge in [-0.2, -0.15) is 0 Å². The Morgan fingerprint density at radius 3 is 2.90 bits per heavy atom. The van der Waals surface area contributed by atoms with Gasteiger partial charge >= 0.3 is 0 Å². The van der Waals surface area contributed by atoms with E-state index in [-0.39, 0.29) is 6.23 Å². The number of dihydropyridines is 1. The van der Waals surface area contributed by atoms with Gasteiger partial charge in [-0.1, -0.05) is 12.1 Å². The van der Waals surface area contributed by atoms with Crippen LogP contribution in [0.3, 0.4) is 0 Å². The number of aryl methyl sites for hydroxylation is 1. The molecule has 1 aromatic carbocycles. The van der Waals surface area contributed by atoms with Crippen molar-refractivity contribution in [3.63, 3.8) is 0 Å². The number of ether oxygens (including phenoxy) is 1. The fraction of sp³-hybridized carbons (Fsp3) is 0.444. The number of nitrogens with one attached hydrogen (secondary N) is 2. The molecule has 0 amide bonds. The summed E-state index contributed by atoms with van der Waals surface area (Å²) in [5.74, 6) is 1.43. The Morgan fingerprint density at radius 1 is 1.24 bits per heavy atom. The van der Waals surface area contributed by atoms with Crippen molar-refractivity contribution >= 4 is 5.69 Å². The molecule has 110 valence electrons. The third kappa shape index (κ3) is 2.07. The monoisotopic (exact) mass is 282 g/mol. The number of anilines is 1. The molecule has 0 spiro atoms. The van der Waals surface area contributed by atoms with Gasteiger partial charge in [0.05, 0.1) is 5.70 Å². The lowest BCUT2D eigenvalue weighted by molar-refractivity contribution is 0.104. The summed E-state index contributed by atoms with van der Waals surface area (Å²) < 4.78 is 5.63. The van der Waals surface area contributed by atoms with Crippen LogP contribution in [-0.4, -0.2) is 13.3 Å². The van der Waals surface area contributed by atoms with E-state index < -0.39 is 0 Å². The summed E-state index contributed by atoms with van der Waals surface area (Å²) in [6.45, 7) is 2.13. The molecule has 3 unspecified atom stereocenters. The number of allylic oxidation sites excluding steroid dienone is 1. The zero-order valence-electron chi connectivity index (χ0n) is 12.6. The second-order valence-electron chi connectivity index (χ2n) is 6.41. The Kier molecular flexibility index (Phi) is 3.03. The van der Waals surface area contributed by atoms with Crippen LogP contribution in [-0.2, 0) is 4.74 Å². The van der Waals surface area contributed by atoms with Crippen molar-refractivity contribution < 1.29 is 4.74 Å². The molecule has 1 fully saturated rings. The van der Waals surface area contributed by atoms with E-state index in [0.717, 1.165) is 5.69 Å². The highest BCUT2D eigenvalue weighted by Gasteiger charge is 2.44. The van der Waals surface area contributed by atoms with Crippen molar-refractivity contribution in [3.8, 4) is 0 Å². The molecule has 2 aliphatic carbocycles. The molecule has 2 bridgehead atoms. The quantitative estimate of drug-likeness (QED) is 0.889. The van der Waals surface area contributed by atoms with Gasteiger partial charge in [-0.3, -0.25) is 0 Å². The van der Waals surface area contributed by atoms with E-state index in [4.69, 9.17) is 4.74 Å². The molecule has 3 nitrogen and oxygen atoms in total. The number of rotatable bonds is 3. The maximum absolute atomic E-state index is 5.63. The van der Waals surface area contributed by atoms with E-state index in [1.54, 1.807) is 7.11 Å². The Balaban J connectivity index is 1.67. The van der Waals surface area contributed by atoms with Crippen molar-refractivity contribution in [1.82, 2.24) is 5.32 Å². The normalized spacial score (nSPS) is 30.0. The molecular weight excluding hydrogens is 260 g/mol. The number of hydrogen-bond donors (Lipinski definition) is 2. The highest BCUT2D eigenvalue weighted by molar-refractivity contribution is 5.59. The second kappa shape index (κ2) is 4.92. The number of hydrogen-bond acceptors (Lipinski definition) is 3. The third-order valence-electron chi connectivity index (χ3n) is 5.08. The second-order valence-corrected chi connectivity index (χ2v) is 6.41. The molecular formula is C18H22N2O. The van der Waals surface area contributed by atoms with Crippen LogP contribution in [0.25, 0.3) is 0 Å². The van der Waals surface area contributed by atoms with Crippen LogP contribution in [0, 0.1) is 18.8 Å². The zero-order valence-corrected chi connectivity index (χ0v) is 12.6. The van der Waals surface area contributed by atoms with Crippen molar-refractivity contribution in [2.24, 2.45) is 11.8 Å². The van der Waals surface area contributed by atoms with E-state index in [9.17, 15) is 0 Å². The first-order valence-electron chi connectivity index (χ1n) is 7.83. The molecule has 0 radical (unpaired) electrons. The fourth-order valence-electron chi connectivity index (χ4n) is 4.22. The highest BCUT2D eigenvalue weighted by Crippen LogP contribution is 2.52. The van der Waals surface area contributed by atoms with Gasteiger partial charge in [-0.25, -0.2) is 0 Å². The van der Waals surface area contributed by atoms with Gasteiger partial charge in [0.15, 0.2) is 0 Å². The number of benzene rings is 1. The van der Waals surface area contributed by atoms with Crippen LogP contribution in [0.15, 0.2) is 47.3 Å². The SMILES string of the molecule is COC1NC=C(Nc2cccc(C)c2)C2=C1C1CCC2C1. The fourth-order valence-corrected chi connectivity index (χ4v) is 4.22. The minimum absolute atomic E-state index is 0.0679. The Bertz CT molecular complexity index is 632. The summed E-state index contributed by atoms with van der Waals surface area (Å²) in [6.07, 6.45) is 6.11. The van der Waals surface area contributed by atoms with Crippen LogP contribution >= 0.6 is 0 Å². The van der Waals surface area contributed by atoms with Crippen LogP contribution in [0.5, 0.6) is 0 Å². The molecule has 3 heteroatoms. The molecule has 4 rings (SSSR count). The summed E-state index contributed by atoms with van der Waals surface area (Å²) in [7, 11) is 1.79. The van der Waals surface area contributed by atoms with Crippen LogP contribution < -0.4 is 10.6 Å². The molecule has 1 aromatic rings. The first kappa shape index (κ1) is 13.0. The Labute approximate surface area is 126 Å². The van der Waals surface area contributed by atoms with Crippen LogP contribution in [0.4, 0.5) is 5.69 Å². The van der Waals surface area contributed by atoms with Crippen molar-refractivity contribution in [2.75, 3.05) is 12.4 Å². The van der Waals surface area contributed by atoms with Crippen LogP contribution in [0.1, 0.15) is 24.8 Å². The van der Waals surface area contributed by atoms with E-state index in [2.05, 4.69) is 48.0 Å². The molecule has 0 aromatic heterocycles. The summed E-state index contributed by atoms with van der Waals surface area (Å²) in [6, 6.07) is 8.55. The largest absolute Gasteiger partial charge is 0.361 e. The van der Waals surface area contributed by atoms with Crippen molar-refractivity contribution in [2.45, 2.75) is 32.4 Å². The number of fused-ring (bicyclic) bond motifs is 4. The van der Waals surface area contributed by atoms with Crippen molar-refractivity contribution in [1.29, 1.82) is 0 Å². The molecule has 1 saturated carbocycles. The predicted octanol–water partition coefficient (Wildman–Crippen LogP) is 3.55. The minimum Gasteiger partial charge on any atom is -0.361 e. The average Bonchev–Trinajstić information content (AvgIpc) is 3.09. The molecule has 3 atom stereocenters. The smallest absolute Gasteiger partial charge is 0.150 e. The summed E-state index contributed by atoms with van der Waals surface area (Å²) in [5.41, 5.74) is 6.68. The topological polar surface area (TPSA) is 33.3 Å². The molecule has 21 heavy (non-hydrogen) atoms. The molecule has 2 N–H and O–H groups in total. The minimum atomic E-state index is 0.0679. The lowest BCUT2D eigenvalue weighted by Gasteiger charge is -2.32. The molecule has 0 saturated heterocycles. The predicted molar refractivity (Wildman–Crippen MR) is 84.7 cm³/mol. The zero-order chi connectivity index (χ0) is 14.4. The van der Waals surface area contributed by atoms with E-state index >= 15 is 0 Å². The first-order valence-corrected chi connectivity index (χ1v) is 7.83. The lowest BCUT2D eigenvalue weighted by atomic mass is 9.87. The van der Waals surface area contributed by atoms with Gasteiger partial charge in [-0.15, -0.1) is 0 Å². The van der Waals surface area contributed by atoms with E-state index in [0.29, 0.717) is 11.8 Å². The standard InChI is InChI=1S/C18H22N2O/c1-11-4-3-5-14(8-11)20-15-10-19-18(21-2)17-13-7-6-12(9-13)16(15)17/h3-5,8,10,12-13,18-20H,6-7,9H2,1-2H3. The van der Waals surface area contributed by atoms with Gasteiger partial charge in [0.2, 0.25) is 0 Å². The maximum Gasteiger partial charge on any atom is 0.150 e.